The highest BCUT2D eigenvalue weighted by Crippen LogP contribution is 2.45. The number of anilines is 3. The van der Waals surface area contributed by atoms with Gasteiger partial charge in [0.1, 0.15) is 0 Å². The van der Waals surface area contributed by atoms with Crippen LogP contribution in [0.4, 0.5) is 17.1 Å². The van der Waals surface area contributed by atoms with E-state index in [0.717, 1.165) is 66.3 Å². The van der Waals surface area contributed by atoms with Crippen molar-refractivity contribution in [3.05, 3.63) is 203 Å². The topological polar surface area (TPSA) is 41.0 Å². The molecule has 2 aromatic heterocycles. The van der Waals surface area contributed by atoms with Gasteiger partial charge in [-0.15, -0.1) is 0 Å². The molecule has 3 aliphatic carbocycles. The number of allylic oxidation sites excluding steroid dienone is 8. The van der Waals surface area contributed by atoms with Gasteiger partial charge in [0.05, 0.1) is 17.1 Å². The fourth-order valence-electron chi connectivity index (χ4n) is 8.85. The normalized spacial score (nSPS) is 16.7. The van der Waals surface area contributed by atoms with Gasteiger partial charge in [-0.25, -0.2) is 0 Å². The van der Waals surface area contributed by atoms with Gasteiger partial charge in [-0.3, -0.25) is 9.97 Å². The molecule has 0 saturated heterocycles. The first kappa shape index (κ1) is 38.0. The molecule has 0 spiro atoms. The molecule has 4 aromatic carbocycles. The van der Waals surface area contributed by atoms with Gasteiger partial charge in [0.2, 0.25) is 0 Å². The second kappa shape index (κ2) is 16.4. The van der Waals surface area contributed by atoms with Gasteiger partial charge in [-0.2, -0.15) is 0 Å². The van der Waals surface area contributed by atoms with E-state index in [4.69, 9.17) is 4.98 Å². The molecule has 0 amide bonds. The van der Waals surface area contributed by atoms with Gasteiger partial charge in [-0.05, 0) is 178 Å². The van der Waals surface area contributed by atoms with E-state index < -0.39 is 0 Å². The molecule has 2 heterocycles. The van der Waals surface area contributed by atoms with Gasteiger partial charge in [0.25, 0.3) is 0 Å². The lowest BCUT2D eigenvalue weighted by Crippen LogP contribution is -2.16. The van der Waals surface area contributed by atoms with Crippen LogP contribution >= 0.6 is 0 Å². The van der Waals surface area contributed by atoms with Crippen LogP contribution in [-0.4, -0.2) is 9.97 Å². The Hall–Kier alpha value is -6.52. The summed E-state index contributed by atoms with van der Waals surface area (Å²) in [5.41, 5.74) is 23.3. The van der Waals surface area contributed by atoms with Crippen LogP contribution in [-0.2, 0) is 19.4 Å². The van der Waals surface area contributed by atoms with E-state index in [2.05, 4.69) is 177 Å². The zero-order valence-corrected chi connectivity index (χ0v) is 34.7. The third-order valence-corrected chi connectivity index (χ3v) is 12.4. The maximum atomic E-state index is 4.88. The number of aryl methyl sites for hydroxylation is 1. The number of fused-ring (bicyclic) bond motifs is 6. The minimum Gasteiger partial charge on any atom is -0.381 e. The minimum atomic E-state index is 0.477. The molecule has 292 valence electrons. The highest BCUT2D eigenvalue weighted by molar-refractivity contribution is 5.88. The molecule has 0 saturated carbocycles. The summed E-state index contributed by atoms with van der Waals surface area (Å²) in [7, 11) is 0. The predicted molar refractivity (Wildman–Crippen MR) is 249 cm³/mol. The molecule has 1 N–H and O–H groups in total. The summed E-state index contributed by atoms with van der Waals surface area (Å²) in [5, 5.41) is 3.76. The second-order valence-electron chi connectivity index (χ2n) is 16.3. The van der Waals surface area contributed by atoms with Crippen molar-refractivity contribution in [2.75, 3.05) is 10.2 Å². The zero-order chi connectivity index (χ0) is 40.5. The summed E-state index contributed by atoms with van der Waals surface area (Å²) in [6, 6.07) is 36.3. The number of hydrogen-bond donors (Lipinski definition) is 1. The summed E-state index contributed by atoms with van der Waals surface area (Å²) in [6.07, 6.45) is 21.9. The lowest BCUT2D eigenvalue weighted by molar-refractivity contribution is 0.697. The van der Waals surface area contributed by atoms with E-state index in [0.29, 0.717) is 12.5 Å². The Morgan fingerprint density at radius 1 is 0.780 bits per heavy atom. The van der Waals surface area contributed by atoms with Crippen molar-refractivity contribution in [1.29, 1.82) is 0 Å². The number of benzene rings is 4. The molecule has 4 nitrogen and oxygen atoms in total. The number of pyridine rings is 2. The van der Waals surface area contributed by atoms with Crippen LogP contribution in [0.1, 0.15) is 79.2 Å². The Labute approximate surface area is 350 Å². The highest BCUT2D eigenvalue weighted by Gasteiger charge is 2.24. The molecule has 9 rings (SSSR count). The highest BCUT2D eigenvalue weighted by atomic mass is 15.2. The summed E-state index contributed by atoms with van der Waals surface area (Å²) in [5.74, 6) is 0.477. The fraction of sp³-hybridized carbons (Fsp3) is 0.200. The largest absolute Gasteiger partial charge is 0.381 e. The molecule has 1 atom stereocenters. The molecule has 0 aliphatic heterocycles. The van der Waals surface area contributed by atoms with Gasteiger partial charge >= 0.3 is 0 Å². The number of nitrogens with one attached hydrogen (secondary N) is 1. The van der Waals surface area contributed by atoms with Crippen molar-refractivity contribution in [3.63, 3.8) is 0 Å². The summed E-state index contributed by atoms with van der Waals surface area (Å²) in [6.45, 7) is 14.0. The van der Waals surface area contributed by atoms with Crippen molar-refractivity contribution in [3.8, 4) is 33.4 Å². The van der Waals surface area contributed by atoms with Gasteiger partial charge in [0.15, 0.2) is 0 Å². The van der Waals surface area contributed by atoms with E-state index in [1.165, 1.54) is 72.3 Å². The molecule has 6 aromatic rings. The van der Waals surface area contributed by atoms with Crippen molar-refractivity contribution < 1.29 is 0 Å². The van der Waals surface area contributed by atoms with Crippen LogP contribution in [0, 0.1) is 12.8 Å². The Morgan fingerprint density at radius 3 is 2.17 bits per heavy atom. The maximum absolute atomic E-state index is 4.88. The summed E-state index contributed by atoms with van der Waals surface area (Å²) in [4.78, 5) is 11.8. The molecular formula is C55H52N4. The monoisotopic (exact) mass is 768 g/mol. The van der Waals surface area contributed by atoms with Gasteiger partial charge in [-0.1, -0.05) is 99.7 Å². The maximum Gasteiger partial charge on any atom is 0.0714 e. The average molecular weight is 769 g/mol. The van der Waals surface area contributed by atoms with Crippen LogP contribution in [0.15, 0.2) is 164 Å². The number of nitrogens with zero attached hydrogens (tertiary/aromatic N) is 3. The van der Waals surface area contributed by atoms with Crippen molar-refractivity contribution in [1.82, 2.24) is 9.97 Å². The molecular weight excluding hydrogens is 717 g/mol. The third kappa shape index (κ3) is 7.64. The molecule has 1 unspecified atom stereocenters. The Morgan fingerprint density at radius 2 is 1.44 bits per heavy atom. The average Bonchev–Trinajstić information content (AvgIpc) is 3.81. The quantitative estimate of drug-likeness (QED) is 0.133. The van der Waals surface area contributed by atoms with Crippen LogP contribution < -0.4 is 10.2 Å². The van der Waals surface area contributed by atoms with E-state index >= 15 is 0 Å². The summed E-state index contributed by atoms with van der Waals surface area (Å²) >= 11 is 0. The molecule has 0 bridgehead atoms. The molecule has 0 radical (unpaired) electrons. The SMILES string of the molecule is C=C(/C=C\C(C)CC)N(c1ccc2c(c1)-c1cc(-c3ccc4c(c3)-c3cc(NCc5cccnc5/C5=C(C)/C=C\C=C/CC5)ccc3C4)ccc1C2)c1cccnc1C. The summed E-state index contributed by atoms with van der Waals surface area (Å²) < 4.78 is 0. The van der Waals surface area contributed by atoms with Crippen LogP contribution in [0.2, 0.25) is 0 Å². The van der Waals surface area contributed by atoms with Gasteiger partial charge < -0.3 is 10.2 Å². The second-order valence-corrected chi connectivity index (χ2v) is 16.3. The van der Waals surface area contributed by atoms with Crippen LogP contribution in [0.25, 0.3) is 39.0 Å². The number of aromatic nitrogens is 2. The van der Waals surface area contributed by atoms with Crippen LogP contribution in [0.5, 0.6) is 0 Å². The number of hydrogen-bond acceptors (Lipinski definition) is 4. The van der Waals surface area contributed by atoms with E-state index in [1.54, 1.807) is 0 Å². The Kier molecular flexibility index (Phi) is 10.6. The molecule has 0 fully saturated rings. The van der Waals surface area contributed by atoms with Gasteiger partial charge in [0, 0.05) is 36.0 Å². The third-order valence-electron chi connectivity index (χ3n) is 12.4. The first-order chi connectivity index (χ1) is 28.8. The minimum absolute atomic E-state index is 0.477. The molecule has 3 aliphatic rings. The van der Waals surface area contributed by atoms with Crippen LogP contribution in [0.3, 0.4) is 0 Å². The van der Waals surface area contributed by atoms with E-state index in [9.17, 15) is 0 Å². The van der Waals surface area contributed by atoms with Crippen molar-refractivity contribution >= 4 is 22.6 Å². The molecule has 4 heteroatoms. The fourth-order valence-corrected chi connectivity index (χ4v) is 8.85. The Bertz CT molecular complexity index is 2720. The smallest absolute Gasteiger partial charge is 0.0714 e. The standard InChI is InChI=1S/C55H52N4/c1-6-36(2)17-18-38(4)59(54-16-12-27-56-39(54)5)48-26-24-45-30-43-22-20-41(32-51(43)53(45)34-48)40-19-21-42-29-44-23-25-47(33-52(44)50(42)31-40)58-35-46-14-11-28-57-55(46)49-15-10-8-7-9-13-37(49)3/h7-9,11-14,16-28,31-34,36,58H,4,6,10,15,29-30,35H2,1-3,5H3/b8-7-,13-9-,18-17-,49-37+. The Balaban J connectivity index is 0.998. The van der Waals surface area contributed by atoms with E-state index in [-0.39, 0.29) is 0 Å². The lowest BCUT2D eigenvalue weighted by atomic mass is 9.95. The van der Waals surface area contributed by atoms with E-state index in [1.807, 2.05) is 18.5 Å². The van der Waals surface area contributed by atoms with Crippen molar-refractivity contribution in [2.24, 2.45) is 5.92 Å². The first-order valence-corrected chi connectivity index (χ1v) is 21.2. The lowest BCUT2D eigenvalue weighted by Gasteiger charge is -2.27. The zero-order valence-electron chi connectivity index (χ0n) is 34.7. The predicted octanol–water partition coefficient (Wildman–Crippen LogP) is 14.1. The number of rotatable bonds is 11. The first-order valence-electron chi connectivity index (χ1n) is 21.2. The molecule has 59 heavy (non-hydrogen) atoms. The van der Waals surface area contributed by atoms with Crippen molar-refractivity contribution in [2.45, 2.75) is 66.3 Å².